The maximum atomic E-state index is 5.82. The Hall–Kier alpha value is -1.81. The number of imidazole rings is 1. The number of aromatic nitrogens is 2. The molecule has 2 aromatic rings. The van der Waals surface area contributed by atoms with E-state index in [0.717, 1.165) is 31.9 Å². The fourth-order valence-corrected chi connectivity index (χ4v) is 3.22. The standard InChI is InChI=1S/C18H25N3O/c1-2-18-19-10-12-21(18)16-7-6-11-20(15-16)13-14-22-17-8-4-3-5-9-17/h3-5,8-10,12,16H,2,6-7,11,13-15H2,1H3. The maximum absolute atomic E-state index is 5.82. The first-order valence-corrected chi connectivity index (χ1v) is 8.28. The van der Waals surface area contributed by atoms with Crippen LogP contribution in [0.3, 0.4) is 0 Å². The quantitative estimate of drug-likeness (QED) is 0.821. The summed E-state index contributed by atoms with van der Waals surface area (Å²) in [7, 11) is 0. The lowest BCUT2D eigenvalue weighted by molar-refractivity contribution is 0.148. The second kappa shape index (κ2) is 7.45. The molecular weight excluding hydrogens is 274 g/mol. The molecule has 4 heteroatoms. The van der Waals surface area contributed by atoms with E-state index in [0.29, 0.717) is 6.04 Å². The van der Waals surface area contributed by atoms with E-state index >= 15 is 0 Å². The van der Waals surface area contributed by atoms with Crippen molar-refractivity contribution >= 4 is 0 Å². The van der Waals surface area contributed by atoms with Crippen molar-refractivity contribution in [3.63, 3.8) is 0 Å². The molecule has 1 unspecified atom stereocenters. The van der Waals surface area contributed by atoms with Crippen LogP contribution in [-0.4, -0.2) is 40.7 Å². The van der Waals surface area contributed by atoms with Gasteiger partial charge in [0.25, 0.3) is 0 Å². The van der Waals surface area contributed by atoms with Crippen LogP contribution in [0.1, 0.15) is 31.6 Å². The predicted molar refractivity (Wildman–Crippen MR) is 88.3 cm³/mol. The summed E-state index contributed by atoms with van der Waals surface area (Å²) in [5.41, 5.74) is 0. The topological polar surface area (TPSA) is 30.3 Å². The highest BCUT2D eigenvalue weighted by Crippen LogP contribution is 2.22. The zero-order valence-electron chi connectivity index (χ0n) is 13.3. The highest BCUT2D eigenvalue weighted by Gasteiger charge is 2.22. The van der Waals surface area contributed by atoms with Crippen LogP contribution in [0.2, 0.25) is 0 Å². The molecule has 0 radical (unpaired) electrons. The molecule has 0 bridgehead atoms. The molecule has 2 heterocycles. The van der Waals surface area contributed by atoms with Crippen LogP contribution in [0.5, 0.6) is 5.75 Å². The summed E-state index contributed by atoms with van der Waals surface area (Å²) in [6.07, 6.45) is 7.56. The number of hydrogen-bond donors (Lipinski definition) is 0. The van der Waals surface area contributed by atoms with Crippen molar-refractivity contribution in [2.45, 2.75) is 32.2 Å². The molecule has 0 N–H and O–H groups in total. The van der Waals surface area contributed by atoms with Crippen molar-refractivity contribution in [1.82, 2.24) is 14.5 Å². The molecule has 1 atom stereocenters. The summed E-state index contributed by atoms with van der Waals surface area (Å²) in [5.74, 6) is 2.16. The Labute approximate surface area is 132 Å². The van der Waals surface area contributed by atoms with E-state index < -0.39 is 0 Å². The number of benzene rings is 1. The Morgan fingerprint density at radius 2 is 2.14 bits per heavy atom. The SMILES string of the molecule is CCc1nccn1C1CCCN(CCOc2ccccc2)C1. The summed E-state index contributed by atoms with van der Waals surface area (Å²) in [6, 6.07) is 10.6. The Balaban J connectivity index is 1.50. The molecule has 118 valence electrons. The Morgan fingerprint density at radius 1 is 1.27 bits per heavy atom. The van der Waals surface area contributed by atoms with E-state index in [4.69, 9.17) is 4.74 Å². The first-order valence-electron chi connectivity index (χ1n) is 8.28. The lowest BCUT2D eigenvalue weighted by Crippen LogP contribution is -2.39. The molecule has 1 fully saturated rings. The normalized spacial score (nSPS) is 19.2. The van der Waals surface area contributed by atoms with Gasteiger partial charge in [0.15, 0.2) is 0 Å². The van der Waals surface area contributed by atoms with E-state index in [2.05, 4.69) is 27.6 Å². The number of para-hydroxylation sites is 1. The smallest absolute Gasteiger partial charge is 0.119 e. The predicted octanol–water partition coefficient (Wildman–Crippen LogP) is 3.16. The first-order chi connectivity index (χ1) is 10.9. The lowest BCUT2D eigenvalue weighted by Gasteiger charge is -2.34. The van der Waals surface area contributed by atoms with E-state index in [1.807, 2.05) is 36.5 Å². The Kier molecular flexibility index (Phi) is 5.11. The van der Waals surface area contributed by atoms with Crippen molar-refractivity contribution in [3.8, 4) is 5.75 Å². The summed E-state index contributed by atoms with van der Waals surface area (Å²) in [5, 5.41) is 0. The van der Waals surface area contributed by atoms with E-state index in [1.54, 1.807) is 0 Å². The fourth-order valence-electron chi connectivity index (χ4n) is 3.22. The van der Waals surface area contributed by atoms with Crippen LogP contribution >= 0.6 is 0 Å². The van der Waals surface area contributed by atoms with Gasteiger partial charge in [0, 0.05) is 37.9 Å². The number of rotatable bonds is 6. The molecule has 0 amide bonds. The fraction of sp³-hybridized carbons (Fsp3) is 0.500. The molecule has 1 aromatic heterocycles. The molecule has 0 spiro atoms. The van der Waals surface area contributed by atoms with Gasteiger partial charge in [-0.25, -0.2) is 4.98 Å². The van der Waals surface area contributed by atoms with Crippen molar-refractivity contribution in [3.05, 3.63) is 48.5 Å². The van der Waals surface area contributed by atoms with Gasteiger partial charge >= 0.3 is 0 Å². The number of aryl methyl sites for hydroxylation is 1. The zero-order valence-corrected chi connectivity index (χ0v) is 13.3. The van der Waals surface area contributed by atoms with Gasteiger partial charge in [0.1, 0.15) is 18.2 Å². The minimum absolute atomic E-state index is 0.558. The largest absolute Gasteiger partial charge is 0.492 e. The zero-order chi connectivity index (χ0) is 15.2. The molecule has 0 saturated carbocycles. The Bertz CT molecular complexity index is 567. The second-order valence-corrected chi connectivity index (χ2v) is 5.86. The number of piperidine rings is 1. The maximum Gasteiger partial charge on any atom is 0.119 e. The molecule has 4 nitrogen and oxygen atoms in total. The number of hydrogen-bond acceptors (Lipinski definition) is 3. The summed E-state index contributed by atoms with van der Waals surface area (Å²) >= 11 is 0. The summed E-state index contributed by atoms with van der Waals surface area (Å²) < 4.78 is 8.18. The van der Waals surface area contributed by atoms with Crippen molar-refractivity contribution in [2.75, 3.05) is 26.2 Å². The second-order valence-electron chi connectivity index (χ2n) is 5.86. The number of likely N-dealkylation sites (tertiary alicyclic amines) is 1. The van der Waals surface area contributed by atoms with Gasteiger partial charge in [-0.3, -0.25) is 4.90 Å². The minimum Gasteiger partial charge on any atom is -0.492 e. The molecule has 22 heavy (non-hydrogen) atoms. The van der Waals surface area contributed by atoms with Crippen LogP contribution in [-0.2, 0) is 6.42 Å². The van der Waals surface area contributed by atoms with Crippen molar-refractivity contribution in [1.29, 1.82) is 0 Å². The monoisotopic (exact) mass is 299 g/mol. The highest BCUT2D eigenvalue weighted by atomic mass is 16.5. The van der Waals surface area contributed by atoms with Crippen LogP contribution in [0.25, 0.3) is 0 Å². The minimum atomic E-state index is 0.558. The van der Waals surface area contributed by atoms with Gasteiger partial charge in [-0.2, -0.15) is 0 Å². The third-order valence-electron chi connectivity index (χ3n) is 4.36. The van der Waals surface area contributed by atoms with Crippen LogP contribution < -0.4 is 4.74 Å². The van der Waals surface area contributed by atoms with Gasteiger partial charge in [0.05, 0.1) is 0 Å². The van der Waals surface area contributed by atoms with E-state index in [1.165, 1.54) is 25.2 Å². The number of ether oxygens (including phenoxy) is 1. The average Bonchev–Trinajstić information content (AvgIpc) is 3.05. The van der Waals surface area contributed by atoms with Gasteiger partial charge < -0.3 is 9.30 Å². The lowest BCUT2D eigenvalue weighted by atomic mass is 10.1. The van der Waals surface area contributed by atoms with Gasteiger partial charge in [-0.05, 0) is 31.5 Å². The first kappa shape index (κ1) is 15.1. The average molecular weight is 299 g/mol. The number of nitrogens with zero attached hydrogens (tertiary/aromatic N) is 3. The molecule has 1 aromatic carbocycles. The summed E-state index contributed by atoms with van der Waals surface area (Å²) in [4.78, 5) is 6.97. The Morgan fingerprint density at radius 3 is 2.95 bits per heavy atom. The van der Waals surface area contributed by atoms with Gasteiger partial charge in [0.2, 0.25) is 0 Å². The van der Waals surface area contributed by atoms with Gasteiger partial charge in [-0.15, -0.1) is 0 Å². The van der Waals surface area contributed by atoms with E-state index in [9.17, 15) is 0 Å². The van der Waals surface area contributed by atoms with E-state index in [-0.39, 0.29) is 0 Å². The molecule has 1 saturated heterocycles. The van der Waals surface area contributed by atoms with Crippen LogP contribution in [0, 0.1) is 0 Å². The molecule has 1 aliphatic heterocycles. The van der Waals surface area contributed by atoms with Crippen LogP contribution in [0.4, 0.5) is 0 Å². The third kappa shape index (κ3) is 3.69. The highest BCUT2D eigenvalue weighted by molar-refractivity contribution is 5.20. The van der Waals surface area contributed by atoms with Crippen molar-refractivity contribution < 1.29 is 4.74 Å². The van der Waals surface area contributed by atoms with Gasteiger partial charge in [-0.1, -0.05) is 25.1 Å². The molecule has 0 aliphatic carbocycles. The third-order valence-corrected chi connectivity index (χ3v) is 4.36. The van der Waals surface area contributed by atoms with Crippen LogP contribution in [0.15, 0.2) is 42.7 Å². The molecular formula is C18H25N3O. The molecule has 3 rings (SSSR count). The summed E-state index contributed by atoms with van der Waals surface area (Å²) in [6.45, 7) is 6.18. The molecule has 1 aliphatic rings. The van der Waals surface area contributed by atoms with Crippen molar-refractivity contribution in [2.24, 2.45) is 0 Å².